The van der Waals surface area contributed by atoms with Crippen LogP contribution in [0.3, 0.4) is 0 Å². The topological polar surface area (TPSA) is 140 Å². The van der Waals surface area contributed by atoms with Crippen molar-refractivity contribution in [2.45, 2.75) is 56.9 Å². The lowest BCUT2D eigenvalue weighted by atomic mass is 10.0. The Morgan fingerprint density at radius 1 is 1.20 bits per heavy atom. The van der Waals surface area contributed by atoms with Crippen LogP contribution >= 0.6 is 0 Å². The van der Waals surface area contributed by atoms with E-state index in [2.05, 4.69) is 15.3 Å². The fourth-order valence-electron chi connectivity index (χ4n) is 4.47. The highest BCUT2D eigenvalue weighted by atomic mass is 32.2. The molecule has 216 valence electrons. The minimum Gasteiger partial charge on any atom is -0.439 e. The minimum absolute atomic E-state index is 0.0178. The molecule has 0 aliphatic carbocycles. The van der Waals surface area contributed by atoms with Gasteiger partial charge in [0.05, 0.1) is 43.4 Å². The molecular weight excluding hydrogens is 536 g/mol. The van der Waals surface area contributed by atoms with E-state index in [1.54, 1.807) is 34.8 Å². The van der Waals surface area contributed by atoms with Crippen molar-refractivity contribution in [3.05, 3.63) is 60.6 Å². The zero-order valence-electron chi connectivity index (χ0n) is 23.0. The lowest BCUT2D eigenvalue weighted by Crippen LogP contribution is -2.47. The van der Waals surface area contributed by atoms with Crippen molar-refractivity contribution in [2.24, 2.45) is 5.92 Å². The molecular formula is C27H36N6O6S. The zero-order chi connectivity index (χ0) is 28.7. The van der Waals surface area contributed by atoms with Crippen LogP contribution < -0.4 is 4.74 Å². The highest BCUT2D eigenvalue weighted by molar-refractivity contribution is 7.89. The van der Waals surface area contributed by atoms with Gasteiger partial charge in [0, 0.05) is 45.1 Å². The van der Waals surface area contributed by atoms with Gasteiger partial charge in [-0.3, -0.25) is 4.79 Å². The molecule has 1 amide bonds. The fourth-order valence-corrected chi connectivity index (χ4v) is 5.60. The zero-order valence-corrected chi connectivity index (χ0v) is 23.8. The first kappa shape index (κ1) is 29.6. The SMILES string of the molecule is C[C@@H]1CN([C@@H](C)CO)C(=O)CCCn2nncc2CO[C@@H]1CN(C)S(=O)(=O)c1ccc(Oc2ccccc2)nc1. The van der Waals surface area contributed by atoms with Crippen molar-refractivity contribution in [1.82, 2.24) is 29.2 Å². The number of nitrogens with zero attached hydrogens (tertiary/aromatic N) is 6. The number of likely N-dealkylation sites (N-methyl/N-ethyl adjacent to an activating group) is 1. The molecule has 1 aromatic carbocycles. The monoisotopic (exact) mass is 572 g/mol. The summed E-state index contributed by atoms with van der Waals surface area (Å²) in [6, 6.07) is 11.7. The first-order valence-corrected chi connectivity index (χ1v) is 14.7. The van der Waals surface area contributed by atoms with Gasteiger partial charge in [0.1, 0.15) is 10.6 Å². The Balaban J connectivity index is 1.52. The van der Waals surface area contributed by atoms with Gasteiger partial charge >= 0.3 is 0 Å². The summed E-state index contributed by atoms with van der Waals surface area (Å²) in [5.41, 5.74) is 0.745. The van der Waals surface area contributed by atoms with E-state index in [1.807, 2.05) is 25.1 Å². The van der Waals surface area contributed by atoms with Crippen molar-refractivity contribution >= 4 is 15.9 Å². The molecule has 0 radical (unpaired) electrons. The number of hydrogen-bond donors (Lipinski definition) is 1. The molecule has 1 aliphatic heterocycles. The Kier molecular flexibility index (Phi) is 9.85. The van der Waals surface area contributed by atoms with E-state index in [9.17, 15) is 18.3 Å². The maximum atomic E-state index is 13.5. The van der Waals surface area contributed by atoms with Gasteiger partial charge < -0.3 is 19.5 Å². The Morgan fingerprint density at radius 2 is 1.98 bits per heavy atom. The lowest BCUT2D eigenvalue weighted by molar-refractivity contribution is -0.136. The number of aliphatic hydroxyl groups excluding tert-OH is 1. The standard InChI is InChI=1S/C27H36N6O6S/c1-20-16-32(21(2)18-34)27(35)10-7-13-33-22(14-29-30-33)19-38-25(20)17-31(3)40(36,37)24-11-12-26(28-15-24)39-23-8-5-4-6-9-23/h4-6,8-9,11-12,14-15,20-21,25,34H,7,10,13,16-19H2,1-3H3/t20-,21+,25-/m1/s1. The average Bonchev–Trinajstić information content (AvgIpc) is 3.40. The summed E-state index contributed by atoms with van der Waals surface area (Å²) in [5.74, 6) is 0.534. The van der Waals surface area contributed by atoms with Crippen LogP contribution in [0.25, 0.3) is 0 Å². The van der Waals surface area contributed by atoms with Gasteiger partial charge in [0.2, 0.25) is 21.8 Å². The third-order valence-electron chi connectivity index (χ3n) is 6.96. The lowest BCUT2D eigenvalue weighted by Gasteiger charge is -2.35. The molecule has 0 saturated carbocycles. The molecule has 0 spiro atoms. The summed E-state index contributed by atoms with van der Waals surface area (Å²) in [5, 5.41) is 17.8. The summed E-state index contributed by atoms with van der Waals surface area (Å²) in [6.45, 7) is 4.55. The number of amides is 1. The van der Waals surface area contributed by atoms with Crippen molar-refractivity contribution < 1.29 is 27.8 Å². The molecule has 1 aliphatic rings. The van der Waals surface area contributed by atoms with Crippen LogP contribution in [0.5, 0.6) is 11.6 Å². The van der Waals surface area contributed by atoms with Gasteiger partial charge in [-0.05, 0) is 31.5 Å². The van der Waals surface area contributed by atoms with E-state index in [0.29, 0.717) is 31.7 Å². The molecule has 40 heavy (non-hydrogen) atoms. The van der Waals surface area contributed by atoms with Gasteiger partial charge in [-0.2, -0.15) is 4.31 Å². The maximum Gasteiger partial charge on any atom is 0.244 e. The molecule has 0 unspecified atom stereocenters. The molecule has 3 atom stereocenters. The van der Waals surface area contributed by atoms with Crippen molar-refractivity contribution in [3.8, 4) is 11.6 Å². The van der Waals surface area contributed by atoms with E-state index in [-0.39, 0.29) is 48.4 Å². The van der Waals surface area contributed by atoms with Crippen LogP contribution in [0.1, 0.15) is 32.4 Å². The molecule has 0 fully saturated rings. The Labute approximate surface area is 234 Å². The second-order valence-electron chi connectivity index (χ2n) is 9.99. The number of carbonyl (C=O) groups is 1. The number of para-hydroxylation sites is 1. The summed E-state index contributed by atoms with van der Waals surface area (Å²) in [4.78, 5) is 18.9. The Bertz CT molecular complexity index is 1350. The van der Waals surface area contributed by atoms with E-state index >= 15 is 0 Å². The predicted molar refractivity (Wildman–Crippen MR) is 146 cm³/mol. The third kappa shape index (κ3) is 7.22. The van der Waals surface area contributed by atoms with Gasteiger partial charge in [-0.15, -0.1) is 5.10 Å². The number of ether oxygens (including phenoxy) is 2. The third-order valence-corrected chi connectivity index (χ3v) is 8.77. The van der Waals surface area contributed by atoms with E-state index in [0.717, 1.165) is 5.69 Å². The summed E-state index contributed by atoms with van der Waals surface area (Å²) < 4.78 is 41.8. The van der Waals surface area contributed by atoms with Crippen LogP contribution in [0.4, 0.5) is 0 Å². The number of pyridine rings is 1. The normalized spacial score (nSPS) is 19.9. The summed E-state index contributed by atoms with van der Waals surface area (Å²) >= 11 is 0. The highest BCUT2D eigenvalue weighted by Gasteiger charge is 2.31. The average molecular weight is 573 g/mol. The molecule has 0 bridgehead atoms. The van der Waals surface area contributed by atoms with Gasteiger partial charge in [0.25, 0.3) is 0 Å². The highest BCUT2D eigenvalue weighted by Crippen LogP contribution is 2.23. The number of rotatable bonds is 8. The van der Waals surface area contributed by atoms with Crippen LogP contribution in [0.15, 0.2) is 59.8 Å². The second kappa shape index (κ2) is 13.3. The van der Waals surface area contributed by atoms with E-state index < -0.39 is 16.1 Å². The maximum absolute atomic E-state index is 13.5. The predicted octanol–water partition coefficient (Wildman–Crippen LogP) is 2.31. The molecule has 4 rings (SSSR count). The van der Waals surface area contributed by atoms with E-state index in [4.69, 9.17) is 9.47 Å². The first-order valence-electron chi connectivity index (χ1n) is 13.2. The quantitative estimate of drug-likeness (QED) is 0.431. The Morgan fingerprint density at radius 3 is 2.67 bits per heavy atom. The molecule has 13 heteroatoms. The first-order chi connectivity index (χ1) is 19.2. The fraction of sp³-hybridized carbons (Fsp3) is 0.481. The number of carbonyl (C=O) groups excluding carboxylic acids is 1. The number of fused-ring (bicyclic) bond motifs is 1. The van der Waals surface area contributed by atoms with Crippen molar-refractivity contribution in [1.29, 1.82) is 0 Å². The van der Waals surface area contributed by atoms with Crippen LogP contribution in [-0.4, -0.2) is 87.5 Å². The second-order valence-corrected chi connectivity index (χ2v) is 12.0. The minimum atomic E-state index is -3.91. The van der Waals surface area contributed by atoms with Gasteiger partial charge in [-0.1, -0.05) is 30.3 Å². The number of aromatic nitrogens is 4. The van der Waals surface area contributed by atoms with Crippen molar-refractivity contribution in [2.75, 3.05) is 26.7 Å². The Hall–Kier alpha value is -3.39. The summed E-state index contributed by atoms with van der Waals surface area (Å²) in [6.07, 6.45) is 3.18. The molecule has 12 nitrogen and oxygen atoms in total. The van der Waals surface area contributed by atoms with Crippen LogP contribution in [-0.2, 0) is 32.7 Å². The molecule has 3 heterocycles. The number of benzene rings is 1. The van der Waals surface area contributed by atoms with Crippen LogP contribution in [0, 0.1) is 5.92 Å². The molecule has 2 aromatic heterocycles. The number of aliphatic hydroxyl groups is 1. The van der Waals surface area contributed by atoms with Crippen LogP contribution in [0.2, 0.25) is 0 Å². The number of sulfonamides is 1. The van der Waals surface area contributed by atoms with Crippen molar-refractivity contribution in [3.63, 3.8) is 0 Å². The van der Waals surface area contributed by atoms with E-state index in [1.165, 1.54) is 29.7 Å². The molecule has 1 N–H and O–H groups in total. The smallest absolute Gasteiger partial charge is 0.244 e. The number of hydrogen-bond acceptors (Lipinski definition) is 9. The largest absolute Gasteiger partial charge is 0.439 e. The molecule has 0 saturated heterocycles. The van der Waals surface area contributed by atoms with Gasteiger partial charge in [0.15, 0.2) is 0 Å². The molecule has 3 aromatic rings. The number of aryl methyl sites for hydroxylation is 1. The summed E-state index contributed by atoms with van der Waals surface area (Å²) in [7, 11) is -2.42. The van der Waals surface area contributed by atoms with Gasteiger partial charge in [-0.25, -0.2) is 18.1 Å².